The summed E-state index contributed by atoms with van der Waals surface area (Å²) in [5.41, 5.74) is 3.11. The second kappa shape index (κ2) is 6.97. The Morgan fingerprint density at radius 3 is 2.48 bits per heavy atom. The fourth-order valence-corrected chi connectivity index (χ4v) is 2.90. The minimum Gasteiger partial charge on any atom is -0.493 e. The van der Waals surface area contributed by atoms with Crippen LogP contribution < -0.4 is 14.4 Å². The van der Waals surface area contributed by atoms with Crippen molar-refractivity contribution < 1.29 is 19.1 Å². The topological polar surface area (TPSA) is 55.8 Å². The molecule has 1 aliphatic heterocycles. The van der Waals surface area contributed by atoms with Crippen molar-refractivity contribution in [2.75, 3.05) is 18.6 Å². The van der Waals surface area contributed by atoms with Gasteiger partial charge in [-0.3, -0.25) is 9.59 Å². The van der Waals surface area contributed by atoms with E-state index in [2.05, 4.69) is 0 Å². The van der Waals surface area contributed by atoms with E-state index in [-0.39, 0.29) is 12.3 Å². The summed E-state index contributed by atoms with van der Waals surface area (Å²) in [5.74, 6) is -0.105. The number of aryl methyl sites for hydroxylation is 2. The predicted octanol–water partition coefficient (Wildman–Crippen LogP) is 3.27. The standard InChI is InChI=1S/C20H21NO4/c1-13-8-9-16(10-14(13)2)21-12-15(11-19(21)22)20(23)25-18-7-5-4-6-17(18)24-3/h4-10,15H,11-12H2,1-3H3/t15-/m0/s1. The normalized spacial score (nSPS) is 16.8. The highest BCUT2D eigenvalue weighted by Gasteiger charge is 2.36. The second-order valence-electron chi connectivity index (χ2n) is 6.25. The number of para-hydroxylation sites is 2. The summed E-state index contributed by atoms with van der Waals surface area (Å²) in [5, 5.41) is 0. The monoisotopic (exact) mass is 339 g/mol. The summed E-state index contributed by atoms with van der Waals surface area (Å²) in [7, 11) is 1.52. The Morgan fingerprint density at radius 2 is 1.80 bits per heavy atom. The summed E-state index contributed by atoms with van der Waals surface area (Å²) in [6.07, 6.45) is 0.154. The van der Waals surface area contributed by atoms with Gasteiger partial charge in [-0.15, -0.1) is 0 Å². The lowest BCUT2D eigenvalue weighted by Gasteiger charge is -2.18. The number of rotatable bonds is 4. The molecule has 0 unspecified atom stereocenters. The number of esters is 1. The molecule has 2 aromatic carbocycles. The van der Waals surface area contributed by atoms with Crippen LogP contribution in [0, 0.1) is 19.8 Å². The number of benzene rings is 2. The molecule has 0 N–H and O–H groups in total. The first kappa shape index (κ1) is 17.0. The molecule has 3 rings (SSSR count). The highest BCUT2D eigenvalue weighted by Crippen LogP contribution is 2.30. The number of carbonyl (C=O) groups is 2. The summed E-state index contributed by atoms with van der Waals surface area (Å²) in [6.45, 7) is 4.36. The van der Waals surface area contributed by atoms with Crippen molar-refractivity contribution in [1.82, 2.24) is 0 Å². The molecular formula is C20H21NO4. The predicted molar refractivity (Wildman–Crippen MR) is 95.0 cm³/mol. The van der Waals surface area contributed by atoms with Crippen LogP contribution in [0.15, 0.2) is 42.5 Å². The van der Waals surface area contributed by atoms with Gasteiger partial charge in [-0.2, -0.15) is 0 Å². The zero-order chi connectivity index (χ0) is 18.0. The molecule has 130 valence electrons. The lowest BCUT2D eigenvalue weighted by molar-refractivity contribution is -0.139. The molecule has 5 nitrogen and oxygen atoms in total. The van der Waals surface area contributed by atoms with Gasteiger partial charge in [0, 0.05) is 18.7 Å². The molecule has 0 aliphatic carbocycles. The zero-order valence-corrected chi connectivity index (χ0v) is 14.6. The molecule has 1 fully saturated rings. The molecule has 0 radical (unpaired) electrons. The molecule has 1 aliphatic rings. The van der Waals surface area contributed by atoms with Gasteiger partial charge in [0.25, 0.3) is 0 Å². The molecule has 1 amide bonds. The van der Waals surface area contributed by atoms with E-state index >= 15 is 0 Å². The molecule has 25 heavy (non-hydrogen) atoms. The molecule has 0 bridgehead atoms. The molecule has 2 aromatic rings. The van der Waals surface area contributed by atoms with Gasteiger partial charge in [-0.25, -0.2) is 0 Å². The van der Waals surface area contributed by atoms with Crippen molar-refractivity contribution in [2.45, 2.75) is 20.3 Å². The summed E-state index contributed by atoms with van der Waals surface area (Å²) < 4.78 is 10.6. The Hall–Kier alpha value is -2.82. The van der Waals surface area contributed by atoms with Crippen LogP contribution in [0.25, 0.3) is 0 Å². The number of amides is 1. The van der Waals surface area contributed by atoms with Crippen molar-refractivity contribution in [2.24, 2.45) is 5.92 Å². The first-order chi connectivity index (χ1) is 12.0. The Balaban J connectivity index is 1.73. The van der Waals surface area contributed by atoms with E-state index in [0.29, 0.717) is 18.0 Å². The van der Waals surface area contributed by atoms with E-state index in [9.17, 15) is 9.59 Å². The van der Waals surface area contributed by atoms with Gasteiger partial charge in [0.1, 0.15) is 0 Å². The lowest BCUT2D eigenvalue weighted by Crippen LogP contribution is -2.27. The smallest absolute Gasteiger partial charge is 0.316 e. The number of carbonyl (C=O) groups excluding carboxylic acids is 2. The van der Waals surface area contributed by atoms with Crippen LogP contribution in [-0.4, -0.2) is 25.5 Å². The van der Waals surface area contributed by atoms with Crippen LogP contribution >= 0.6 is 0 Å². The first-order valence-electron chi connectivity index (χ1n) is 8.22. The average molecular weight is 339 g/mol. The maximum absolute atomic E-state index is 12.5. The lowest BCUT2D eigenvalue weighted by atomic mass is 10.1. The number of hydrogen-bond donors (Lipinski definition) is 0. The molecule has 1 heterocycles. The van der Waals surface area contributed by atoms with Crippen molar-refractivity contribution in [1.29, 1.82) is 0 Å². The third-order valence-corrected chi connectivity index (χ3v) is 4.54. The van der Waals surface area contributed by atoms with Gasteiger partial charge in [-0.1, -0.05) is 18.2 Å². The van der Waals surface area contributed by atoms with Crippen LogP contribution in [0.3, 0.4) is 0 Å². The first-order valence-corrected chi connectivity index (χ1v) is 8.22. The van der Waals surface area contributed by atoms with Gasteiger partial charge in [0.15, 0.2) is 11.5 Å². The van der Waals surface area contributed by atoms with E-state index in [1.54, 1.807) is 29.2 Å². The van der Waals surface area contributed by atoms with Crippen molar-refractivity contribution in [3.05, 3.63) is 53.6 Å². The van der Waals surface area contributed by atoms with Gasteiger partial charge in [-0.05, 0) is 49.2 Å². The molecule has 5 heteroatoms. The minimum absolute atomic E-state index is 0.0646. The minimum atomic E-state index is -0.487. The summed E-state index contributed by atoms with van der Waals surface area (Å²) in [6, 6.07) is 12.8. The second-order valence-corrected chi connectivity index (χ2v) is 6.25. The Morgan fingerprint density at radius 1 is 1.08 bits per heavy atom. The Labute approximate surface area is 147 Å². The molecular weight excluding hydrogens is 318 g/mol. The average Bonchev–Trinajstić information content (AvgIpc) is 3.00. The van der Waals surface area contributed by atoms with E-state index in [4.69, 9.17) is 9.47 Å². The number of hydrogen-bond acceptors (Lipinski definition) is 4. The van der Waals surface area contributed by atoms with E-state index < -0.39 is 11.9 Å². The molecule has 1 atom stereocenters. The molecule has 0 spiro atoms. The van der Waals surface area contributed by atoms with Crippen molar-refractivity contribution in [3.63, 3.8) is 0 Å². The van der Waals surface area contributed by atoms with Crippen molar-refractivity contribution in [3.8, 4) is 11.5 Å². The van der Waals surface area contributed by atoms with Crippen LogP contribution in [0.1, 0.15) is 17.5 Å². The van der Waals surface area contributed by atoms with Gasteiger partial charge < -0.3 is 14.4 Å². The third kappa shape index (κ3) is 3.50. The number of ether oxygens (including phenoxy) is 2. The Bertz CT molecular complexity index is 815. The quantitative estimate of drug-likeness (QED) is 0.634. The van der Waals surface area contributed by atoms with Gasteiger partial charge >= 0.3 is 5.97 Å². The molecule has 1 saturated heterocycles. The van der Waals surface area contributed by atoms with Crippen LogP contribution in [-0.2, 0) is 9.59 Å². The highest BCUT2D eigenvalue weighted by molar-refractivity contribution is 5.99. The zero-order valence-electron chi connectivity index (χ0n) is 14.6. The molecule has 0 aromatic heterocycles. The van der Waals surface area contributed by atoms with Gasteiger partial charge in [0.05, 0.1) is 13.0 Å². The molecule has 0 saturated carbocycles. The van der Waals surface area contributed by atoms with Crippen molar-refractivity contribution >= 4 is 17.6 Å². The van der Waals surface area contributed by atoms with Crippen LogP contribution in [0.4, 0.5) is 5.69 Å². The van der Waals surface area contributed by atoms with E-state index in [1.807, 2.05) is 32.0 Å². The number of methoxy groups -OCH3 is 1. The maximum Gasteiger partial charge on any atom is 0.316 e. The fraction of sp³-hybridized carbons (Fsp3) is 0.300. The summed E-state index contributed by atoms with van der Waals surface area (Å²) in [4.78, 5) is 26.5. The summed E-state index contributed by atoms with van der Waals surface area (Å²) >= 11 is 0. The van der Waals surface area contributed by atoms with Crippen LogP contribution in [0.2, 0.25) is 0 Å². The SMILES string of the molecule is COc1ccccc1OC(=O)[C@H]1CC(=O)N(c2ccc(C)c(C)c2)C1. The van der Waals surface area contributed by atoms with Gasteiger partial charge in [0.2, 0.25) is 5.91 Å². The van der Waals surface area contributed by atoms with Crippen LogP contribution in [0.5, 0.6) is 11.5 Å². The largest absolute Gasteiger partial charge is 0.493 e. The highest BCUT2D eigenvalue weighted by atomic mass is 16.6. The van der Waals surface area contributed by atoms with E-state index in [0.717, 1.165) is 11.3 Å². The fourth-order valence-electron chi connectivity index (χ4n) is 2.90. The number of nitrogens with zero attached hydrogens (tertiary/aromatic N) is 1. The number of anilines is 1. The van der Waals surface area contributed by atoms with E-state index in [1.165, 1.54) is 12.7 Å². The maximum atomic E-state index is 12.5. The third-order valence-electron chi connectivity index (χ3n) is 4.54. The Kier molecular flexibility index (Phi) is 4.74.